The number of nitrogen functional groups attached to an aromatic ring is 1. The number of amides is 1. The Morgan fingerprint density at radius 3 is 2.66 bits per heavy atom. The van der Waals surface area contributed by atoms with Crippen molar-refractivity contribution >= 4 is 23.2 Å². The molecule has 3 aromatic rings. The third-order valence-corrected chi connectivity index (χ3v) is 7.74. The van der Waals surface area contributed by atoms with E-state index in [0.29, 0.717) is 43.3 Å². The molecule has 35 heavy (non-hydrogen) atoms. The molecule has 2 aromatic heterocycles. The minimum atomic E-state index is -0.570. The van der Waals surface area contributed by atoms with E-state index in [-0.39, 0.29) is 34.7 Å². The summed E-state index contributed by atoms with van der Waals surface area (Å²) in [5.41, 5.74) is 15.9. The summed E-state index contributed by atoms with van der Waals surface area (Å²) < 4.78 is 27.1. The number of halogens is 2. The molecule has 10 heteroatoms. The number of piperidine rings is 1. The summed E-state index contributed by atoms with van der Waals surface area (Å²) in [4.78, 5) is 29.4. The van der Waals surface area contributed by atoms with Gasteiger partial charge in [0.05, 0.1) is 17.6 Å². The van der Waals surface area contributed by atoms with Crippen LogP contribution in [0.5, 0.6) is 0 Å². The summed E-state index contributed by atoms with van der Waals surface area (Å²) >= 11 is 0. The lowest BCUT2D eigenvalue weighted by atomic mass is 9.73. The van der Waals surface area contributed by atoms with Crippen molar-refractivity contribution in [3.05, 3.63) is 70.8 Å². The van der Waals surface area contributed by atoms with Gasteiger partial charge in [0.1, 0.15) is 11.6 Å². The number of fused-ring (bicyclic) bond motifs is 2. The zero-order valence-electron chi connectivity index (χ0n) is 19.0. The molecule has 1 fully saturated rings. The lowest BCUT2D eigenvalue weighted by Gasteiger charge is -2.42. The highest BCUT2D eigenvalue weighted by atomic mass is 19.1. The molecular weight excluding hydrogens is 452 g/mol. The van der Waals surface area contributed by atoms with Gasteiger partial charge in [0, 0.05) is 32.1 Å². The molecule has 0 unspecified atom stereocenters. The fraction of sp³-hybridized carbons (Fsp3) is 0.360. The summed E-state index contributed by atoms with van der Waals surface area (Å²) in [7, 11) is 0. The van der Waals surface area contributed by atoms with Gasteiger partial charge >= 0.3 is 0 Å². The third-order valence-electron chi connectivity index (χ3n) is 7.74. The van der Waals surface area contributed by atoms with Gasteiger partial charge in [-0.1, -0.05) is 6.07 Å². The summed E-state index contributed by atoms with van der Waals surface area (Å²) in [6, 6.07) is 7.54. The van der Waals surface area contributed by atoms with Gasteiger partial charge in [-0.15, -0.1) is 0 Å². The van der Waals surface area contributed by atoms with Crippen LogP contribution in [0.15, 0.2) is 36.5 Å². The molecule has 6 rings (SSSR count). The van der Waals surface area contributed by atoms with E-state index >= 15 is 0 Å². The monoisotopic (exact) mass is 477 g/mol. The van der Waals surface area contributed by atoms with Gasteiger partial charge in [-0.2, -0.15) is 4.39 Å². The Kier molecular flexibility index (Phi) is 4.96. The first-order valence-electron chi connectivity index (χ1n) is 11.7. The second-order valence-electron chi connectivity index (χ2n) is 9.62. The number of benzene rings is 1. The molecule has 8 nitrogen and oxygen atoms in total. The van der Waals surface area contributed by atoms with E-state index in [9.17, 15) is 13.6 Å². The maximum Gasteiger partial charge on any atom is 0.280 e. The van der Waals surface area contributed by atoms with Crippen LogP contribution in [0, 0.1) is 17.2 Å². The zero-order chi connectivity index (χ0) is 24.3. The number of hydrogen-bond donors (Lipinski definition) is 2. The van der Waals surface area contributed by atoms with E-state index in [0.717, 1.165) is 30.4 Å². The van der Waals surface area contributed by atoms with Crippen molar-refractivity contribution in [3.63, 3.8) is 0 Å². The molecule has 1 amide bonds. The van der Waals surface area contributed by atoms with Gasteiger partial charge in [0.15, 0.2) is 11.5 Å². The number of pyridine rings is 1. The standard InChI is InChI=1S/C25H25F2N7O/c26-15-1-2-16-14(11-15)12-25(22(16)28)6-9-33(10-7-25)20-13-30-21(23(29)32-20)24(35)34-8-5-17-18(34)3-4-19(27)31-17/h1-4,11,13,22H,5-10,12,28H2,(H2,29,32)/t22-/m1/s1. The molecule has 0 bridgehead atoms. The maximum atomic E-state index is 13.7. The smallest absolute Gasteiger partial charge is 0.280 e. The molecule has 180 valence electrons. The van der Waals surface area contributed by atoms with Crippen LogP contribution in [0.3, 0.4) is 0 Å². The predicted molar refractivity (Wildman–Crippen MR) is 127 cm³/mol. The van der Waals surface area contributed by atoms with Crippen LogP contribution < -0.4 is 21.3 Å². The van der Waals surface area contributed by atoms with E-state index in [2.05, 4.69) is 19.9 Å². The number of rotatable bonds is 2. The van der Waals surface area contributed by atoms with Crippen molar-refractivity contribution in [1.82, 2.24) is 15.0 Å². The average molecular weight is 478 g/mol. The summed E-state index contributed by atoms with van der Waals surface area (Å²) in [5.74, 6) is -0.522. The highest BCUT2D eigenvalue weighted by Gasteiger charge is 2.46. The molecule has 1 spiro atoms. The Hall–Kier alpha value is -3.66. The van der Waals surface area contributed by atoms with Gasteiger partial charge in [-0.25, -0.2) is 19.3 Å². The highest BCUT2D eigenvalue weighted by molar-refractivity contribution is 6.08. The predicted octanol–water partition coefficient (Wildman–Crippen LogP) is 2.78. The Bertz CT molecular complexity index is 1340. The van der Waals surface area contributed by atoms with Crippen molar-refractivity contribution in [2.75, 3.05) is 35.2 Å². The Balaban J connectivity index is 1.17. The minimum Gasteiger partial charge on any atom is -0.382 e. The summed E-state index contributed by atoms with van der Waals surface area (Å²) in [5, 5.41) is 0. The first kappa shape index (κ1) is 21.8. The van der Waals surface area contributed by atoms with Gasteiger partial charge < -0.3 is 21.3 Å². The molecule has 1 saturated heterocycles. The minimum absolute atomic E-state index is 0.0526. The van der Waals surface area contributed by atoms with Crippen molar-refractivity contribution in [2.45, 2.75) is 31.7 Å². The first-order valence-corrected chi connectivity index (χ1v) is 11.7. The molecule has 3 aliphatic rings. The summed E-state index contributed by atoms with van der Waals surface area (Å²) in [6.07, 6.45) is 4.48. The fourth-order valence-electron chi connectivity index (χ4n) is 5.80. The quantitative estimate of drug-likeness (QED) is 0.546. The molecule has 4 heterocycles. The summed E-state index contributed by atoms with van der Waals surface area (Å²) in [6.45, 7) is 1.80. The largest absolute Gasteiger partial charge is 0.382 e. The molecule has 4 N–H and O–H groups in total. The van der Waals surface area contributed by atoms with Gasteiger partial charge in [0.2, 0.25) is 5.95 Å². The number of hydrogen-bond acceptors (Lipinski definition) is 7. The van der Waals surface area contributed by atoms with Crippen molar-refractivity contribution in [2.24, 2.45) is 11.1 Å². The Morgan fingerprint density at radius 1 is 1.09 bits per heavy atom. The lowest BCUT2D eigenvalue weighted by molar-refractivity contribution is 0.0985. The average Bonchev–Trinajstić information content (AvgIpc) is 3.37. The normalized spacial score (nSPS) is 20.3. The molecular formula is C25H25F2N7O. The fourth-order valence-corrected chi connectivity index (χ4v) is 5.80. The second kappa shape index (κ2) is 7.94. The van der Waals surface area contributed by atoms with Crippen molar-refractivity contribution in [3.8, 4) is 0 Å². The topological polar surface area (TPSA) is 114 Å². The van der Waals surface area contributed by atoms with Crippen LogP contribution >= 0.6 is 0 Å². The molecule has 0 saturated carbocycles. The van der Waals surface area contributed by atoms with Crippen LogP contribution in [-0.4, -0.2) is 40.5 Å². The second-order valence-corrected chi connectivity index (χ2v) is 9.62. The number of nitrogens with zero attached hydrogens (tertiary/aromatic N) is 5. The highest BCUT2D eigenvalue weighted by Crippen LogP contribution is 2.51. The Labute approximate surface area is 201 Å². The van der Waals surface area contributed by atoms with Gasteiger partial charge in [-0.3, -0.25) is 4.79 Å². The van der Waals surface area contributed by atoms with E-state index in [4.69, 9.17) is 11.5 Å². The third kappa shape index (κ3) is 3.51. The molecule has 0 radical (unpaired) electrons. The van der Waals surface area contributed by atoms with Crippen LogP contribution in [0.25, 0.3) is 0 Å². The lowest BCUT2D eigenvalue weighted by Crippen LogP contribution is -2.44. The molecule has 2 aliphatic heterocycles. The molecule has 1 atom stereocenters. The van der Waals surface area contributed by atoms with Crippen LogP contribution in [0.2, 0.25) is 0 Å². The maximum absolute atomic E-state index is 13.7. The van der Waals surface area contributed by atoms with Gasteiger partial charge in [-0.05, 0) is 60.1 Å². The van der Waals surface area contributed by atoms with Crippen molar-refractivity contribution < 1.29 is 13.6 Å². The van der Waals surface area contributed by atoms with E-state index in [1.807, 2.05) is 6.07 Å². The van der Waals surface area contributed by atoms with Crippen LogP contribution in [-0.2, 0) is 12.8 Å². The number of nitrogens with two attached hydrogens (primary N) is 2. The van der Waals surface area contributed by atoms with E-state index in [1.165, 1.54) is 17.0 Å². The van der Waals surface area contributed by atoms with Crippen LogP contribution in [0.1, 0.15) is 46.2 Å². The Morgan fingerprint density at radius 2 is 1.89 bits per heavy atom. The van der Waals surface area contributed by atoms with E-state index < -0.39 is 5.95 Å². The van der Waals surface area contributed by atoms with Crippen LogP contribution in [0.4, 0.5) is 26.1 Å². The number of aromatic nitrogens is 3. The molecule has 1 aliphatic carbocycles. The van der Waals surface area contributed by atoms with Gasteiger partial charge in [0.25, 0.3) is 5.91 Å². The molecule has 1 aromatic carbocycles. The number of anilines is 3. The van der Waals surface area contributed by atoms with Crippen molar-refractivity contribution in [1.29, 1.82) is 0 Å². The SMILES string of the molecule is Nc1nc(N2CCC3(CC2)Cc2cc(F)ccc2[C@H]3N)cnc1C(=O)N1CCc2nc(F)ccc21. The van der Waals surface area contributed by atoms with E-state index in [1.54, 1.807) is 18.3 Å². The zero-order valence-corrected chi connectivity index (χ0v) is 19.0. The first-order chi connectivity index (χ1) is 16.8. The number of carbonyl (C=O) groups excluding carboxylic acids is 1. The number of carbonyl (C=O) groups is 1.